The first-order chi connectivity index (χ1) is 8.27. The summed E-state index contributed by atoms with van der Waals surface area (Å²) in [5, 5.41) is 3.43. The zero-order chi connectivity index (χ0) is 12.1. The smallest absolute Gasteiger partial charge is 0.164 e. The van der Waals surface area contributed by atoms with Gasteiger partial charge >= 0.3 is 0 Å². The van der Waals surface area contributed by atoms with Gasteiger partial charge in [-0.15, -0.1) is 17.0 Å². The summed E-state index contributed by atoms with van der Waals surface area (Å²) >= 11 is 4.94. The van der Waals surface area contributed by atoms with Crippen LogP contribution in [0.2, 0.25) is 0 Å². The van der Waals surface area contributed by atoms with Crippen molar-refractivity contribution in [1.82, 2.24) is 5.32 Å². The van der Waals surface area contributed by atoms with Crippen LogP contribution in [0.1, 0.15) is 17.2 Å². The SMILES string of the molecule is Br.NC(=S)NC(c1ccccc1)c1ccccc1. The number of benzene rings is 2. The van der Waals surface area contributed by atoms with E-state index in [9.17, 15) is 0 Å². The van der Waals surface area contributed by atoms with Gasteiger partial charge in [0.25, 0.3) is 0 Å². The van der Waals surface area contributed by atoms with Crippen molar-refractivity contribution in [2.45, 2.75) is 6.04 Å². The number of rotatable bonds is 3. The second-order valence-corrected chi connectivity index (χ2v) is 4.20. The minimum Gasteiger partial charge on any atom is -0.376 e. The van der Waals surface area contributed by atoms with Gasteiger partial charge in [-0.2, -0.15) is 0 Å². The average molecular weight is 323 g/mol. The first-order valence-electron chi connectivity index (χ1n) is 5.43. The molecular weight excluding hydrogens is 308 g/mol. The van der Waals surface area contributed by atoms with Crippen LogP contribution in [-0.2, 0) is 0 Å². The number of nitrogens with two attached hydrogens (primary N) is 1. The Bertz CT molecular complexity index is 448. The number of halogens is 1. The van der Waals surface area contributed by atoms with Crippen LogP contribution in [-0.4, -0.2) is 5.11 Å². The van der Waals surface area contributed by atoms with Crippen LogP contribution >= 0.6 is 29.2 Å². The second-order valence-electron chi connectivity index (χ2n) is 3.76. The molecule has 2 nitrogen and oxygen atoms in total. The van der Waals surface area contributed by atoms with Crippen molar-refractivity contribution in [2.75, 3.05) is 0 Å². The number of thiocarbonyl (C=S) groups is 1. The lowest BCUT2D eigenvalue weighted by molar-refractivity contribution is 0.765. The van der Waals surface area contributed by atoms with Crippen molar-refractivity contribution in [3.63, 3.8) is 0 Å². The summed E-state index contributed by atoms with van der Waals surface area (Å²) in [6.07, 6.45) is 0. The molecule has 0 aromatic heterocycles. The molecule has 2 aromatic rings. The molecule has 0 saturated heterocycles. The zero-order valence-electron chi connectivity index (χ0n) is 9.74. The molecule has 0 fully saturated rings. The van der Waals surface area contributed by atoms with Crippen LogP contribution in [0, 0.1) is 0 Å². The van der Waals surface area contributed by atoms with E-state index in [1.54, 1.807) is 0 Å². The highest BCUT2D eigenvalue weighted by Crippen LogP contribution is 2.21. The predicted molar refractivity (Wildman–Crippen MR) is 85.0 cm³/mol. The molecule has 0 aliphatic heterocycles. The highest BCUT2D eigenvalue weighted by Gasteiger charge is 2.13. The van der Waals surface area contributed by atoms with Gasteiger partial charge in [0.1, 0.15) is 0 Å². The molecule has 0 aliphatic carbocycles. The Hall–Kier alpha value is -1.39. The molecule has 3 N–H and O–H groups in total. The lowest BCUT2D eigenvalue weighted by atomic mass is 9.99. The van der Waals surface area contributed by atoms with E-state index < -0.39 is 0 Å². The monoisotopic (exact) mass is 322 g/mol. The summed E-state index contributed by atoms with van der Waals surface area (Å²) in [6, 6.07) is 20.3. The van der Waals surface area contributed by atoms with Crippen LogP contribution in [0.15, 0.2) is 60.7 Å². The normalized spacial score (nSPS) is 9.61. The van der Waals surface area contributed by atoms with E-state index in [0.717, 1.165) is 11.1 Å². The predicted octanol–water partition coefficient (Wildman–Crippen LogP) is 3.19. The Kier molecular flexibility index (Phi) is 5.82. The van der Waals surface area contributed by atoms with E-state index in [-0.39, 0.29) is 23.0 Å². The molecule has 0 unspecified atom stereocenters. The molecule has 18 heavy (non-hydrogen) atoms. The third kappa shape index (κ3) is 3.82. The molecule has 0 amide bonds. The molecule has 0 saturated carbocycles. The van der Waals surface area contributed by atoms with Gasteiger partial charge in [-0.3, -0.25) is 0 Å². The van der Waals surface area contributed by atoms with Gasteiger partial charge in [-0.1, -0.05) is 60.7 Å². The summed E-state index contributed by atoms with van der Waals surface area (Å²) in [7, 11) is 0. The highest BCUT2D eigenvalue weighted by atomic mass is 79.9. The zero-order valence-corrected chi connectivity index (χ0v) is 12.3. The molecule has 0 atom stereocenters. The molecule has 2 aromatic carbocycles. The Morgan fingerprint density at radius 1 is 0.889 bits per heavy atom. The highest BCUT2D eigenvalue weighted by molar-refractivity contribution is 8.93. The van der Waals surface area contributed by atoms with E-state index in [0.29, 0.717) is 5.11 Å². The van der Waals surface area contributed by atoms with E-state index in [1.807, 2.05) is 36.4 Å². The molecule has 94 valence electrons. The fraction of sp³-hybridized carbons (Fsp3) is 0.0714. The van der Waals surface area contributed by atoms with Gasteiger partial charge in [0.2, 0.25) is 0 Å². The molecule has 0 spiro atoms. The number of nitrogens with one attached hydrogen (secondary N) is 1. The van der Waals surface area contributed by atoms with Crippen LogP contribution in [0.4, 0.5) is 0 Å². The molecule has 0 heterocycles. The molecule has 4 heteroatoms. The largest absolute Gasteiger partial charge is 0.376 e. The summed E-state index contributed by atoms with van der Waals surface area (Å²) in [4.78, 5) is 0. The van der Waals surface area contributed by atoms with Crippen molar-refractivity contribution in [1.29, 1.82) is 0 Å². The third-order valence-corrected chi connectivity index (χ3v) is 2.67. The fourth-order valence-electron chi connectivity index (χ4n) is 1.79. The molecular formula is C14H15BrN2S. The molecule has 0 bridgehead atoms. The minimum atomic E-state index is 0. The summed E-state index contributed by atoms with van der Waals surface area (Å²) in [5.41, 5.74) is 7.88. The lowest BCUT2D eigenvalue weighted by Crippen LogP contribution is -2.33. The Morgan fingerprint density at radius 2 is 1.28 bits per heavy atom. The van der Waals surface area contributed by atoms with Crippen molar-refractivity contribution in [3.05, 3.63) is 71.8 Å². The van der Waals surface area contributed by atoms with Crippen molar-refractivity contribution in [2.24, 2.45) is 5.73 Å². The summed E-state index contributed by atoms with van der Waals surface area (Å²) < 4.78 is 0. The first kappa shape index (κ1) is 14.7. The third-order valence-electron chi connectivity index (χ3n) is 2.55. The maximum absolute atomic E-state index is 5.59. The van der Waals surface area contributed by atoms with Crippen molar-refractivity contribution < 1.29 is 0 Å². The summed E-state index contributed by atoms with van der Waals surface area (Å²) in [6.45, 7) is 0. The Balaban J connectivity index is 0.00000162. The molecule has 2 rings (SSSR count). The van der Waals surface area contributed by atoms with E-state index in [2.05, 4.69) is 29.6 Å². The van der Waals surface area contributed by atoms with Gasteiger partial charge in [0.15, 0.2) is 5.11 Å². The van der Waals surface area contributed by atoms with Crippen LogP contribution in [0.5, 0.6) is 0 Å². The van der Waals surface area contributed by atoms with E-state index >= 15 is 0 Å². The van der Waals surface area contributed by atoms with E-state index in [1.165, 1.54) is 0 Å². The van der Waals surface area contributed by atoms with Gasteiger partial charge in [0.05, 0.1) is 6.04 Å². The number of hydrogen-bond acceptors (Lipinski definition) is 1. The van der Waals surface area contributed by atoms with Gasteiger partial charge in [-0.25, -0.2) is 0 Å². The Labute approximate surface area is 123 Å². The summed E-state index contributed by atoms with van der Waals surface area (Å²) in [5.74, 6) is 0. The van der Waals surface area contributed by atoms with Crippen molar-refractivity contribution in [3.8, 4) is 0 Å². The van der Waals surface area contributed by atoms with Crippen LogP contribution in [0.3, 0.4) is 0 Å². The lowest BCUT2D eigenvalue weighted by Gasteiger charge is -2.19. The van der Waals surface area contributed by atoms with Gasteiger partial charge < -0.3 is 11.1 Å². The van der Waals surface area contributed by atoms with Crippen LogP contribution < -0.4 is 11.1 Å². The maximum atomic E-state index is 5.59. The van der Waals surface area contributed by atoms with E-state index in [4.69, 9.17) is 18.0 Å². The Morgan fingerprint density at radius 3 is 1.61 bits per heavy atom. The van der Waals surface area contributed by atoms with Gasteiger partial charge in [0, 0.05) is 0 Å². The second kappa shape index (κ2) is 7.13. The standard InChI is InChI=1S/C14H14N2S.BrH/c15-14(17)16-13(11-7-3-1-4-8-11)12-9-5-2-6-10-12;/h1-10,13H,(H3,15,16,17);1H. The molecule has 0 radical (unpaired) electrons. The topological polar surface area (TPSA) is 38.0 Å². The average Bonchev–Trinajstić information content (AvgIpc) is 2.38. The quantitative estimate of drug-likeness (QED) is 0.852. The maximum Gasteiger partial charge on any atom is 0.164 e. The first-order valence-corrected chi connectivity index (χ1v) is 5.84. The van der Waals surface area contributed by atoms with Crippen LogP contribution in [0.25, 0.3) is 0 Å². The van der Waals surface area contributed by atoms with Crippen molar-refractivity contribution >= 4 is 34.3 Å². The fourth-order valence-corrected chi connectivity index (χ4v) is 1.91. The molecule has 0 aliphatic rings. The minimum absolute atomic E-state index is 0. The number of hydrogen-bond donors (Lipinski definition) is 2. The van der Waals surface area contributed by atoms with Gasteiger partial charge in [-0.05, 0) is 23.3 Å².